The van der Waals surface area contributed by atoms with Gasteiger partial charge in [-0.05, 0) is 17.6 Å². The third kappa shape index (κ3) is 1.74. The number of hydrogen-bond acceptors (Lipinski definition) is 3. The predicted molar refractivity (Wildman–Crippen MR) is 58.9 cm³/mol. The summed E-state index contributed by atoms with van der Waals surface area (Å²) in [6.07, 6.45) is 1.79. The summed E-state index contributed by atoms with van der Waals surface area (Å²) >= 11 is 0. The number of nitro benzene ring substituents is 1. The molecule has 6 heteroatoms. The van der Waals surface area contributed by atoms with Gasteiger partial charge in [-0.25, -0.2) is 0 Å². The molecule has 0 saturated heterocycles. The Morgan fingerprint density at radius 3 is 2.47 bits per heavy atom. The predicted octanol–water partition coefficient (Wildman–Crippen LogP) is 0.243. The Morgan fingerprint density at radius 2 is 2.00 bits per heavy atom. The van der Waals surface area contributed by atoms with Crippen molar-refractivity contribution in [2.24, 2.45) is 0 Å². The largest absolute Gasteiger partial charge is 0.286 e. The average molecular weight is 201 g/mol. The maximum absolute atomic E-state index is 10.4. The van der Waals surface area contributed by atoms with Crippen LogP contribution in [0.2, 0.25) is 0 Å². The van der Waals surface area contributed by atoms with E-state index < -0.39 is 4.92 Å². The van der Waals surface area contributed by atoms with Crippen LogP contribution in [0.3, 0.4) is 0 Å². The summed E-state index contributed by atoms with van der Waals surface area (Å²) in [6, 6.07) is 6.34. The van der Waals surface area contributed by atoms with Crippen molar-refractivity contribution in [1.82, 2.24) is 10.2 Å². The quantitative estimate of drug-likeness (QED) is 0.429. The lowest BCUT2D eigenvalue weighted by atomic mass is 9.94. The van der Waals surface area contributed by atoms with Crippen LogP contribution in [0.5, 0.6) is 0 Å². The summed E-state index contributed by atoms with van der Waals surface area (Å²) < 4.78 is 0. The van der Waals surface area contributed by atoms with Crippen molar-refractivity contribution < 1.29 is 4.92 Å². The van der Waals surface area contributed by atoms with E-state index in [2.05, 4.69) is 10.2 Å². The highest BCUT2D eigenvalue weighted by molar-refractivity contribution is 6.35. The number of non-ortho nitro benzene ring substituents is 1. The molecule has 0 aliphatic rings. The number of H-pyrrole nitrogens is 1. The second-order valence-corrected chi connectivity index (χ2v) is 3.22. The van der Waals surface area contributed by atoms with Gasteiger partial charge in [0.15, 0.2) is 0 Å². The van der Waals surface area contributed by atoms with Gasteiger partial charge in [-0.2, -0.15) is 5.10 Å². The van der Waals surface area contributed by atoms with Gasteiger partial charge in [-0.1, -0.05) is 0 Å². The summed E-state index contributed by atoms with van der Waals surface area (Å²) in [7, 11) is 1.93. The SMILES string of the molecule is Bc1c[nH]nc1-c1ccc([N+](=O)[O-])cc1. The third-order valence-electron chi connectivity index (χ3n) is 2.18. The molecule has 0 aliphatic heterocycles. The molecule has 0 radical (unpaired) electrons. The molecule has 2 aromatic rings. The maximum Gasteiger partial charge on any atom is 0.269 e. The zero-order valence-electron chi connectivity index (χ0n) is 8.10. The smallest absolute Gasteiger partial charge is 0.269 e. The van der Waals surface area contributed by atoms with Crippen LogP contribution in [0.25, 0.3) is 11.3 Å². The third-order valence-corrected chi connectivity index (χ3v) is 2.18. The Kier molecular flexibility index (Phi) is 2.25. The molecule has 0 fully saturated rings. The lowest BCUT2D eigenvalue weighted by Crippen LogP contribution is -2.01. The van der Waals surface area contributed by atoms with Crippen LogP contribution in [-0.4, -0.2) is 23.0 Å². The van der Waals surface area contributed by atoms with E-state index in [1.165, 1.54) is 12.1 Å². The summed E-state index contributed by atoms with van der Waals surface area (Å²) in [5, 5.41) is 17.3. The number of benzene rings is 1. The number of nitro groups is 1. The Hall–Kier alpha value is -2.11. The van der Waals surface area contributed by atoms with Crippen LogP contribution in [0.15, 0.2) is 30.5 Å². The van der Waals surface area contributed by atoms with Crippen molar-refractivity contribution in [2.75, 3.05) is 0 Å². The molecular formula is C9H8BN3O2. The van der Waals surface area contributed by atoms with Crippen LogP contribution in [-0.2, 0) is 0 Å². The van der Waals surface area contributed by atoms with E-state index in [-0.39, 0.29) is 5.69 Å². The van der Waals surface area contributed by atoms with Gasteiger partial charge < -0.3 is 0 Å². The first-order valence-corrected chi connectivity index (χ1v) is 4.43. The molecule has 0 amide bonds. The molecule has 0 saturated carbocycles. The van der Waals surface area contributed by atoms with Crippen LogP contribution in [0.1, 0.15) is 0 Å². The average Bonchev–Trinajstić information content (AvgIpc) is 2.65. The van der Waals surface area contributed by atoms with Crippen LogP contribution in [0, 0.1) is 10.1 Å². The van der Waals surface area contributed by atoms with Crippen molar-refractivity contribution in [1.29, 1.82) is 0 Å². The van der Waals surface area contributed by atoms with Gasteiger partial charge in [0, 0.05) is 23.9 Å². The van der Waals surface area contributed by atoms with E-state index in [1.54, 1.807) is 18.3 Å². The number of nitrogens with zero attached hydrogens (tertiary/aromatic N) is 2. The van der Waals surface area contributed by atoms with Crippen molar-refractivity contribution >= 4 is 19.0 Å². The molecule has 0 spiro atoms. The number of aromatic amines is 1. The fourth-order valence-electron chi connectivity index (χ4n) is 1.38. The number of hydrogen-bond donors (Lipinski definition) is 1. The fourth-order valence-corrected chi connectivity index (χ4v) is 1.38. The lowest BCUT2D eigenvalue weighted by molar-refractivity contribution is -0.384. The highest BCUT2D eigenvalue weighted by Crippen LogP contribution is 2.18. The number of rotatable bonds is 2. The first-order valence-electron chi connectivity index (χ1n) is 4.43. The first kappa shape index (κ1) is 9.45. The second-order valence-electron chi connectivity index (χ2n) is 3.22. The molecular weight excluding hydrogens is 193 g/mol. The molecule has 0 bridgehead atoms. The molecule has 1 aromatic carbocycles. The van der Waals surface area contributed by atoms with E-state index in [9.17, 15) is 10.1 Å². The lowest BCUT2D eigenvalue weighted by Gasteiger charge is -1.97. The molecule has 0 unspecified atom stereocenters. The van der Waals surface area contributed by atoms with E-state index in [0.29, 0.717) is 0 Å². The van der Waals surface area contributed by atoms with Crippen LogP contribution >= 0.6 is 0 Å². The highest BCUT2D eigenvalue weighted by Gasteiger charge is 2.07. The van der Waals surface area contributed by atoms with Crippen molar-refractivity contribution in [3.63, 3.8) is 0 Å². The monoisotopic (exact) mass is 201 g/mol. The Morgan fingerprint density at radius 1 is 1.33 bits per heavy atom. The van der Waals surface area contributed by atoms with Gasteiger partial charge in [-0.3, -0.25) is 15.2 Å². The van der Waals surface area contributed by atoms with Gasteiger partial charge in [0.05, 0.1) is 10.6 Å². The minimum Gasteiger partial charge on any atom is -0.286 e. The molecule has 15 heavy (non-hydrogen) atoms. The Bertz CT molecular complexity index is 492. The zero-order chi connectivity index (χ0) is 10.8. The topological polar surface area (TPSA) is 71.8 Å². The van der Waals surface area contributed by atoms with Gasteiger partial charge in [0.2, 0.25) is 0 Å². The molecule has 74 valence electrons. The maximum atomic E-state index is 10.4. The van der Waals surface area contributed by atoms with Gasteiger partial charge in [-0.15, -0.1) is 0 Å². The van der Waals surface area contributed by atoms with Crippen molar-refractivity contribution in [2.45, 2.75) is 0 Å². The Labute approximate surface area is 86.7 Å². The van der Waals surface area contributed by atoms with E-state index in [1.807, 2.05) is 7.85 Å². The Balaban J connectivity index is 2.40. The van der Waals surface area contributed by atoms with Crippen molar-refractivity contribution in [3.05, 3.63) is 40.6 Å². The van der Waals surface area contributed by atoms with E-state index in [4.69, 9.17) is 0 Å². The van der Waals surface area contributed by atoms with E-state index >= 15 is 0 Å². The summed E-state index contributed by atoms with van der Waals surface area (Å²) in [4.78, 5) is 10.0. The van der Waals surface area contributed by atoms with Crippen molar-refractivity contribution in [3.8, 4) is 11.3 Å². The van der Waals surface area contributed by atoms with Gasteiger partial charge >= 0.3 is 0 Å². The van der Waals surface area contributed by atoms with Crippen LogP contribution < -0.4 is 5.46 Å². The summed E-state index contributed by atoms with van der Waals surface area (Å²) in [6.45, 7) is 0. The normalized spacial score (nSPS) is 10.1. The minimum absolute atomic E-state index is 0.0898. The summed E-state index contributed by atoms with van der Waals surface area (Å²) in [5.41, 5.74) is 2.81. The molecule has 0 aliphatic carbocycles. The van der Waals surface area contributed by atoms with Gasteiger partial charge in [0.25, 0.3) is 5.69 Å². The van der Waals surface area contributed by atoms with E-state index in [0.717, 1.165) is 16.7 Å². The zero-order valence-corrected chi connectivity index (χ0v) is 8.10. The standard InChI is InChI=1S/C9H8BN3O2/c10-8-5-11-12-9(8)6-1-3-7(4-2-6)13(14)15/h1-5H,10H2,(H,11,12). The fraction of sp³-hybridized carbons (Fsp3) is 0. The molecule has 1 aromatic heterocycles. The number of aromatic nitrogens is 2. The number of nitrogens with one attached hydrogen (secondary N) is 1. The molecule has 2 rings (SSSR count). The van der Waals surface area contributed by atoms with Crippen LogP contribution in [0.4, 0.5) is 5.69 Å². The first-order chi connectivity index (χ1) is 7.18. The summed E-state index contributed by atoms with van der Waals surface area (Å²) in [5.74, 6) is 0. The molecule has 5 nitrogen and oxygen atoms in total. The molecule has 0 atom stereocenters. The second kappa shape index (κ2) is 3.57. The molecule has 1 N–H and O–H groups in total. The van der Waals surface area contributed by atoms with Gasteiger partial charge in [0.1, 0.15) is 7.85 Å². The molecule has 1 heterocycles. The highest BCUT2D eigenvalue weighted by atomic mass is 16.6. The minimum atomic E-state index is -0.415.